The molecule has 1 heterocycles. The second kappa shape index (κ2) is 8.28. The van der Waals surface area contributed by atoms with Crippen molar-refractivity contribution < 1.29 is 4.79 Å². The number of hydrogen-bond acceptors (Lipinski definition) is 2. The van der Waals surface area contributed by atoms with Crippen LogP contribution in [0.5, 0.6) is 0 Å². The fourth-order valence-electron chi connectivity index (χ4n) is 2.84. The van der Waals surface area contributed by atoms with E-state index >= 15 is 0 Å². The first-order valence-corrected chi connectivity index (χ1v) is 7.21. The van der Waals surface area contributed by atoms with Gasteiger partial charge in [-0.1, -0.05) is 24.3 Å². The lowest BCUT2D eigenvalue weighted by Gasteiger charge is -2.25. The Morgan fingerprint density at radius 1 is 1.40 bits per heavy atom. The van der Waals surface area contributed by atoms with Gasteiger partial charge >= 0.3 is 0 Å². The molecule has 3 nitrogen and oxygen atoms in total. The van der Waals surface area contributed by atoms with Crippen molar-refractivity contribution in [1.82, 2.24) is 10.2 Å². The van der Waals surface area contributed by atoms with Crippen molar-refractivity contribution in [3.8, 4) is 0 Å². The molecule has 1 aliphatic heterocycles. The maximum atomic E-state index is 12.2. The number of benzene rings is 1. The van der Waals surface area contributed by atoms with Crippen LogP contribution >= 0.6 is 12.4 Å². The van der Waals surface area contributed by atoms with Crippen molar-refractivity contribution in [1.29, 1.82) is 0 Å². The maximum Gasteiger partial charge on any atom is 0.224 e. The van der Waals surface area contributed by atoms with E-state index in [1.807, 2.05) is 7.05 Å². The van der Waals surface area contributed by atoms with Gasteiger partial charge in [-0.25, -0.2) is 0 Å². The molecule has 1 aliphatic rings. The van der Waals surface area contributed by atoms with Crippen molar-refractivity contribution in [2.75, 3.05) is 20.1 Å². The number of halogens is 1. The van der Waals surface area contributed by atoms with Gasteiger partial charge in [0.15, 0.2) is 0 Å². The molecule has 1 atom stereocenters. The Bertz CT molecular complexity index is 436. The molecule has 1 amide bonds. The molecule has 1 aromatic carbocycles. The van der Waals surface area contributed by atoms with Crippen LogP contribution < -0.4 is 5.32 Å². The zero-order valence-electron chi connectivity index (χ0n) is 12.4. The van der Waals surface area contributed by atoms with E-state index in [9.17, 15) is 4.79 Å². The number of carbonyl (C=O) groups is 1. The van der Waals surface area contributed by atoms with Crippen LogP contribution in [0.3, 0.4) is 0 Å². The Morgan fingerprint density at radius 2 is 2.15 bits per heavy atom. The molecule has 1 fully saturated rings. The molecular weight excluding hydrogens is 272 g/mol. The van der Waals surface area contributed by atoms with Crippen molar-refractivity contribution >= 4 is 18.3 Å². The maximum absolute atomic E-state index is 12.2. The summed E-state index contributed by atoms with van der Waals surface area (Å²) in [4.78, 5) is 14.3. The molecule has 4 heteroatoms. The van der Waals surface area contributed by atoms with Crippen LogP contribution in [0.2, 0.25) is 0 Å². The molecule has 0 aromatic heterocycles. The van der Waals surface area contributed by atoms with E-state index in [0.29, 0.717) is 18.4 Å². The van der Waals surface area contributed by atoms with E-state index in [0.717, 1.165) is 32.4 Å². The highest BCUT2D eigenvalue weighted by Crippen LogP contribution is 2.23. The number of nitrogens with one attached hydrogen (secondary N) is 1. The van der Waals surface area contributed by atoms with Gasteiger partial charge in [-0.05, 0) is 44.4 Å². The average molecular weight is 297 g/mol. The molecular formula is C16H25ClN2O. The van der Waals surface area contributed by atoms with Gasteiger partial charge in [-0.3, -0.25) is 4.79 Å². The van der Waals surface area contributed by atoms with E-state index in [1.54, 1.807) is 0 Å². The highest BCUT2D eigenvalue weighted by Gasteiger charge is 2.28. The summed E-state index contributed by atoms with van der Waals surface area (Å²) >= 11 is 0. The topological polar surface area (TPSA) is 32.3 Å². The van der Waals surface area contributed by atoms with Gasteiger partial charge in [-0.2, -0.15) is 0 Å². The SMILES string of the molecule is CNCCC(=O)N1CCCC1Cc1ccccc1C.Cl. The first-order valence-electron chi connectivity index (χ1n) is 7.21. The van der Waals surface area contributed by atoms with Gasteiger partial charge in [-0.15, -0.1) is 12.4 Å². The Balaban J connectivity index is 0.00000200. The third-order valence-corrected chi connectivity index (χ3v) is 4.00. The second-order valence-corrected chi connectivity index (χ2v) is 5.37. The third kappa shape index (κ3) is 4.22. The summed E-state index contributed by atoms with van der Waals surface area (Å²) in [7, 11) is 1.89. The summed E-state index contributed by atoms with van der Waals surface area (Å²) < 4.78 is 0. The lowest BCUT2D eigenvalue weighted by Crippen LogP contribution is -2.38. The molecule has 2 rings (SSSR count). The first kappa shape index (κ1) is 17.0. The van der Waals surface area contributed by atoms with Crippen LogP contribution in [0.25, 0.3) is 0 Å². The number of nitrogens with zero attached hydrogens (tertiary/aromatic N) is 1. The fraction of sp³-hybridized carbons (Fsp3) is 0.562. The molecule has 0 saturated carbocycles. The van der Waals surface area contributed by atoms with Gasteiger partial charge in [0.05, 0.1) is 0 Å². The predicted octanol–water partition coefficient (Wildman–Crippen LogP) is 2.56. The summed E-state index contributed by atoms with van der Waals surface area (Å²) in [6, 6.07) is 8.89. The van der Waals surface area contributed by atoms with Gasteiger partial charge < -0.3 is 10.2 Å². The predicted molar refractivity (Wildman–Crippen MR) is 85.4 cm³/mol. The molecule has 0 spiro atoms. The Morgan fingerprint density at radius 3 is 2.85 bits per heavy atom. The summed E-state index contributed by atoms with van der Waals surface area (Å²) in [5, 5.41) is 3.05. The van der Waals surface area contributed by atoms with Crippen LogP contribution in [0, 0.1) is 6.92 Å². The minimum absolute atomic E-state index is 0. The Labute approximate surface area is 128 Å². The van der Waals surface area contributed by atoms with E-state index < -0.39 is 0 Å². The van der Waals surface area contributed by atoms with Crippen LogP contribution in [0.4, 0.5) is 0 Å². The van der Waals surface area contributed by atoms with Gasteiger partial charge in [0, 0.05) is 25.6 Å². The zero-order chi connectivity index (χ0) is 13.7. The molecule has 0 bridgehead atoms. The summed E-state index contributed by atoms with van der Waals surface area (Å²) in [6.07, 6.45) is 3.89. The number of aryl methyl sites for hydroxylation is 1. The average Bonchev–Trinajstić information content (AvgIpc) is 2.87. The standard InChI is InChI=1S/C16H24N2O.ClH/c1-13-6-3-4-7-14(13)12-15-8-5-11-18(15)16(19)9-10-17-2;/h3-4,6-7,15,17H,5,8-12H2,1-2H3;1H. The number of rotatable bonds is 5. The summed E-state index contributed by atoms with van der Waals surface area (Å²) in [5.74, 6) is 0.297. The third-order valence-electron chi connectivity index (χ3n) is 4.00. The molecule has 112 valence electrons. The van der Waals surface area contributed by atoms with Crippen molar-refractivity contribution in [3.63, 3.8) is 0 Å². The largest absolute Gasteiger partial charge is 0.339 e. The van der Waals surface area contributed by atoms with E-state index in [-0.39, 0.29) is 12.4 Å². The van der Waals surface area contributed by atoms with Crippen LogP contribution in [0.1, 0.15) is 30.4 Å². The number of amides is 1. The van der Waals surface area contributed by atoms with Crippen LogP contribution in [-0.2, 0) is 11.2 Å². The molecule has 20 heavy (non-hydrogen) atoms. The number of likely N-dealkylation sites (tertiary alicyclic amines) is 1. The minimum Gasteiger partial charge on any atom is -0.339 e. The highest BCUT2D eigenvalue weighted by atomic mass is 35.5. The Kier molecular flexibility index (Phi) is 7.03. The lowest BCUT2D eigenvalue weighted by molar-refractivity contribution is -0.131. The van der Waals surface area contributed by atoms with Crippen molar-refractivity contribution in [3.05, 3.63) is 35.4 Å². The molecule has 1 unspecified atom stereocenters. The smallest absolute Gasteiger partial charge is 0.224 e. The summed E-state index contributed by atoms with van der Waals surface area (Å²) in [6.45, 7) is 3.85. The molecule has 0 radical (unpaired) electrons. The fourth-order valence-corrected chi connectivity index (χ4v) is 2.84. The molecule has 1 aromatic rings. The van der Waals surface area contributed by atoms with E-state index in [2.05, 4.69) is 41.4 Å². The molecule has 0 aliphatic carbocycles. The van der Waals surface area contributed by atoms with E-state index in [4.69, 9.17) is 0 Å². The van der Waals surface area contributed by atoms with E-state index in [1.165, 1.54) is 11.1 Å². The number of hydrogen-bond donors (Lipinski definition) is 1. The van der Waals surface area contributed by atoms with Crippen molar-refractivity contribution in [2.24, 2.45) is 0 Å². The normalized spacial score (nSPS) is 17.9. The number of carbonyl (C=O) groups excluding carboxylic acids is 1. The minimum atomic E-state index is 0. The zero-order valence-corrected chi connectivity index (χ0v) is 13.2. The molecule has 1 N–H and O–H groups in total. The van der Waals surface area contributed by atoms with Gasteiger partial charge in [0.1, 0.15) is 0 Å². The van der Waals surface area contributed by atoms with Crippen molar-refractivity contribution in [2.45, 2.75) is 38.6 Å². The second-order valence-electron chi connectivity index (χ2n) is 5.37. The quantitative estimate of drug-likeness (QED) is 0.906. The van der Waals surface area contributed by atoms with Gasteiger partial charge in [0.2, 0.25) is 5.91 Å². The van der Waals surface area contributed by atoms with Crippen LogP contribution in [-0.4, -0.2) is 37.0 Å². The molecule has 1 saturated heterocycles. The summed E-state index contributed by atoms with van der Waals surface area (Å²) in [5.41, 5.74) is 2.71. The lowest BCUT2D eigenvalue weighted by atomic mass is 9.99. The van der Waals surface area contributed by atoms with Crippen LogP contribution in [0.15, 0.2) is 24.3 Å². The highest BCUT2D eigenvalue weighted by molar-refractivity contribution is 5.85. The Hall–Kier alpha value is -1.06. The van der Waals surface area contributed by atoms with Gasteiger partial charge in [0.25, 0.3) is 0 Å². The first-order chi connectivity index (χ1) is 9.22. The monoisotopic (exact) mass is 296 g/mol.